The Morgan fingerprint density at radius 3 is 2.57 bits per heavy atom. The fraction of sp³-hybridized carbons (Fsp3) is 0.294. The molecule has 0 unspecified atom stereocenters. The average molecular weight is 320 g/mol. The fourth-order valence-corrected chi connectivity index (χ4v) is 2.21. The topological polar surface area (TPSA) is 51.2 Å². The van der Waals surface area contributed by atoms with Crippen LogP contribution in [0.15, 0.2) is 48.7 Å². The predicted molar refractivity (Wildman–Crippen MR) is 82.3 cm³/mol. The van der Waals surface area contributed by atoms with Crippen molar-refractivity contribution in [3.8, 4) is 0 Å². The van der Waals surface area contributed by atoms with Gasteiger partial charge in [-0.2, -0.15) is 0 Å². The minimum Gasteiger partial charge on any atom is -0.372 e. The Kier molecular flexibility index (Phi) is 5.39. The van der Waals surface area contributed by atoms with Gasteiger partial charge in [-0.05, 0) is 24.6 Å². The van der Waals surface area contributed by atoms with E-state index in [9.17, 15) is 13.6 Å². The van der Waals surface area contributed by atoms with Crippen molar-refractivity contribution in [1.29, 1.82) is 0 Å². The van der Waals surface area contributed by atoms with Gasteiger partial charge in [0.05, 0.1) is 12.1 Å². The minimum atomic E-state index is -2.81. The molecule has 1 heterocycles. The van der Waals surface area contributed by atoms with Gasteiger partial charge in [0.1, 0.15) is 11.3 Å². The summed E-state index contributed by atoms with van der Waals surface area (Å²) < 4.78 is 31.4. The van der Waals surface area contributed by atoms with Crippen molar-refractivity contribution in [2.24, 2.45) is 0 Å². The van der Waals surface area contributed by atoms with Crippen molar-refractivity contribution >= 4 is 5.91 Å². The molecule has 0 saturated heterocycles. The number of amides is 1. The Hall–Kier alpha value is -2.34. The van der Waals surface area contributed by atoms with Crippen LogP contribution in [0.3, 0.4) is 0 Å². The van der Waals surface area contributed by atoms with Crippen molar-refractivity contribution in [3.05, 3.63) is 65.5 Å². The molecule has 2 aromatic rings. The van der Waals surface area contributed by atoms with Crippen LogP contribution in [0.25, 0.3) is 0 Å². The third-order valence-electron chi connectivity index (χ3n) is 3.71. The molecule has 0 radical (unpaired) electrons. The number of methoxy groups -OCH3 is 1. The lowest BCUT2D eigenvalue weighted by Gasteiger charge is -2.29. The Morgan fingerprint density at radius 2 is 1.96 bits per heavy atom. The summed E-state index contributed by atoms with van der Waals surface area (Å²) in [5.74, 6) is -0.604. The number of nitrogens with one attached hydrogen (secondary N) is 1. The highest BCUT2D eigenvalue weighted by atomic mass is 19.3. The van der Waals surface area contributed by atoms with Crippen LogP contribution >= 0.6 is 0 Å². The number of benzene rings is 1. The van der Waals surface area contributed by atoms with Crippen LogP contribution in [0.2, 0.25) is 0 Å². The molecule has 4 nitrogen and oxygen atoms in total. The second-order valence-electron chi connectivity index (χ2n) is 5.22. The van der Waals surface area contributed by atoms with E-state index in [2.05, 4.69) is 10.3 Å². The largest absolute Gasteiger partial charge is 0.372 e. The Balaban J connectivity index is 2.15. The maximum absolute atomic E-state index is 12.9. The number of aromatic nitrogens is 1. The van der Waals surface area contributed by atoms with Gasteiger partial charge in [-0.15, -0.1) is 0 Å². The van der Waals surface area contributed by atoms with Crippen LogP contribution in [0.5, 0.6) is 0 Å². The van der Waals surface area contributed by atoms with Gasteiger partial charge in [-0.3, -0.25) is 9.78 Å². The Morgan fingerprint density at radius 1 is 1.26 bits per heavy atom. The summed E-state index contributed by atoms with van der Waals surface area (Å²) in [6.45, 7) is 1.96. The number of ether oxygens (including phenoxy) is 1. The number of pyridine rings is 1. The molecular weight excluding hydrogens is 302 g/mol. The highest BCUT2D eigenvalue weighted by Crippen LogP contribution is 2.24. The van der Waals surface area contributed by atoms with Gasteiger partial charge in [-0.1, -0.05) is 30.3 Å². The quantitative estimate of drug-likeness (QED) is 0.888. The summed E-state index contributed by atoms with van der Waals surface area (Å²) in [6.07, 6.45) is -1.57. The molecule has 2 rings (SSSR count). The van der Waals surface area contributed by atoms with E-state index < -0.39 is 23.6 Å². The maximum atomic E-state index is 12.9. The van der Waals surface area contributed by atoms with E-state index in [-0.39, 0.29) is 12.1 Å². The summed E-state index contributed by atoms with van der Waals surface area (Å²) in [6, 6.07) is 12.1. The summed E-state index contributed by atoms with van der Waals surface area (Å²) in [4.78, 5) is 15.8. The first-order valence-electron chi connectivity index (χ1n) is 7.10. The zero-order valence-corrected chi connectivity index (χ0v) is 12.9. The number of hydrogen-bond acceptors (Lipinski definition) is 3. The number of halogens is 2. The zero-order valence-electron chi connectivity index (χ0n) is 12.9. The van der Waals surface area contributed by atoms with E-state index in [0.29, 0.717) is 0 Å². The number of hydrogen-bond donors (Lipinski definition) is 1. The van der Waals surface area contributed by atoms with Crippen LogP contribution in [0.1, 0.15) is 35.0 Å². The van der Waals surface area contributed by atoms with Crippen LogP contribution < -0.4 is 5.32 Å². The molecule has 0 fully saturated rings. The standard InChI is InChI=1S/C17H18F2N2O2/c1-17(23-2,12-7-4-3-5-8-12)11-21-16(22)13-9-6-10-20-14(13)15(18)19/h3-10,15H,11H2,1-2H3,(H,21,22)/t17-/m1/s1. The maximum Gasteiger partial charge on any atom is 0.281 e. The number of alkyl halides is 2. The molecule has 0 aliphatic rings. The summed E-state index contributed by atoms with van der Waals surface area (Å²) in [5, 5.41) is 2.65. The Bertz CT molecular complexity index is 665. The number of rotatable bonds is 6. The van der Waals surface area contributed by atoms with E-state index in [1.807, 2.05) is 37.3 Å². The molecule has 23 heavy (non-hydrogen) atoms. The molecule has 122 valence electrons. The number of carbonyl (C=O) groups excluding carboxylic acids is 1. The first-order chi connectivity index (χ1) is 11.0. The van der Waals surface area contributed by atoms with E-state index in [1.54, 1.807) is 0 Å². The highest BCUT2D eigenvalue weighted by molar-refractivity contribution is 5.95. The van der Waals surface area contributed by atoms with Gasteiger partial charge < -0.3 is 10.1 Å². The molecule has 1 aromatic carbocycles. The molecule has 0 aliphatic heterocycles. The zero-order chi connectivity index (χ0) is 16.9. The van der Waals surface area contributed by atoms with Crippen molar-refractivity contribution < 1.29 is 18.3 Å². The second kappa shape index (κ2) is 7.28. The molecule has 0 saturated carbocycles. The normalized spacial score (nSPS) is 13.6. The number of carbonyl (C=O) groups is 1. The van der Waals surface area contributed by atoms with Gasteiger partial charge in [0.15, 0.2) is 0 Å². The van der Waals surface area contributed by atoms with Gasteiger partial charge in [0, 0.05) is 13.3 Å². The van der Waals surface area contributed by atoms with E-state index in [4.69, 9.17) is 4.74 Å². The molecule has 1 aromatic heterocycles. The molecule has 1 N–H and O–H groups in total. The minimum absolute atomic E-state index is 0.131. The first-order valence-corrected chi connectivity index (χ1v) is 7.10. The molecular formula is C17H18F2N2O2. The lowest BCUT2D eigenvalue weighted by atomic mass is 9.95. The van der Waals surface area contributed by atoms with Gasteiger partial charge in [-0.25, -0.2) is 8.78 Å². The van der Waals surface area contributed by atoms with E-state index in [0.717, 1.165) is 5.56 Å². The first kappa shape index (κ1) is 17.0. The summed E-state index contributed by atoms with van der Waals surface area (Å²) >= 11 is 0. The molecule has 0 bridgehead atoms. The summed E-state index contributed by atoms with van der Waals surface area (Å²) in [7, 11) is 1.54. The predicted octanol–water partition coefficient (Wildman–Crippen LogP) is 3.31. The van der Waals surface area contributed by atoms with Crippen molar-refractivity contribution in [3.63, 3.8) is 0 Å². The van der Waals surface area contributed by atoms with Gasteiger partial charge in [0.25, 0.3) is 12.3 Å². The van der Waals surface area contributed by atoms with Crippen molar-refractivity contribution in [2.45, 2.75) is 19.0 Å². The van der Waals surface area contributed by atoms with Crippen molar-refractivity contribution in [1.82, 2.24) is 10.3 Å². The lowest BCUT2D eigenvalue weighted by molar-refractivity contribution is 0.00310. The number of nitrogens with zero attached hydrogens (tertiary/aromatic N) is 1. The van der Waals surface area contributed by atoms with Gasteiger partial charge in [0.2, 0.25) is 0 Å². The smallest absolute Gasteiger partial charge is 0.281 e. The average Bonchev–Trinajstić information content (AvgIpc) is 2.60. The van der Waals surface area contributed by atoms with E-state index >= 15 is 0 Å². The molecule has 1 amide bonds. The van der Waals surface area contributed by atoms with Crippen molar-refractivity contribution in [2.75, 3.05) is 13.7 Å². The van der Waals surface area contributed by atoms with Crippen LogP contribution in [0, 0.1) is 0 Å². The highest BCUT2D eigenvalue weighted by Gasteiger charge is 2.28. The second-order valence-corrected chi connectivity index (χ2v) is 5.22. The molecule has 0 spiro atoms. The third kappa shape index (κ3) is 3.90. The third-order valence-corrected chi connectivity index (χ3v) is 3.71. The summed E-state index contributed by atoms with van der Waals surface area (Å²) in [5.41, 5.74) is -0.537. The fourth-order valence-electron chi connectivity index (χ4n) is 2.21. The van der Waals surface area contributed by atoms with E-state index in [1.165, 1.54) is 25.4 Å². The molecule has 6 heteroatoms. The van der Waals surface area contributed by atoms with Crippen LogP contribution in [-0.2, 0) is 10.3 Å². The SMILES string of the molecule is CO[C@](C)(CNC(=O)c1cccnc1C(F)F)c1ccccc1. The van der Waals surface area contributed by atoms with Crippen LogP contribution in [-0.4, -0.2) is 24.5 Å². The molecule has 0 aliphatic carbocycles. The van der Waals surface area contributed by atoms with Gasteiger partial charge >= 0.3 is 0 Å². The monoisotopic (exact) mass is 320 g/mol. The molecule has 1 atom stereocenters. The Labute approximate surface area is 133 Å². The van der Waals surface area contributed by atoms with Crippen LogP contribution in [0.4, 0.5) is 8.78 Å². The lowest BCUT2D eigenvalue weighted by Crippen LogP contribution is -2.40.